The van der Waals surface area contributed by atoms with Gasteiger partial charge in [0.15, 0.2) is 0 Å². The SMILES string of the molecule is O=C(O)c1cc(NS(=O)(=O)c2cccc(Br)c2)ccc1N1CCSCC1. The summed E-state index contributed by atoms with van der Waals surface area (Å²) in [5.74, 6) is 0.800. The summed E-state index contributed by atoms with van der Waals surface area (Å²) in [6.45, 7) is 1.54. The Balaban J connectivity index is 1.91. The van der Waals surface area contributed by atoms with Crippen molar-refractivity contribution >= 4 is 55.1 Å². The van der Waals surface area contributed by atoms with E-state index in [0.29, 0.717) is 10.2 Å². The summed E-state index contributed by atoms with van der Waals surface area (Å²) in [5.41, 5.74) is 0.923. The highest BCUT2D eigenvalue weighted by atomic mass is 79.9. The molecule has 1 fully saturated rings. The van der Waals surface area contributed by atoms with E-state index in [4.69, 9.17) is 0 Å². The van der Waals surface area contributed by atoms with Crippen LogP contribution in [0.3, 0.4) is 0 Å². The molecule has 2 aromatic rings. The number of aromatic carboxylic acids is 1. The predicted octanol–water partition coefficient (Wildman–Crippen LogP) is 3.50. The largest absolute Gasteiger partial charge is 0.478 e. The van der Waals surface area contributed by atoms with Crippen molar-refractivity contribution in [2.45, 2.75) is 4.90 Å². The standard InChI is InChI=1S/C17H17BrN2O4S2/c18-12-2-1-3-14(10-12)26(23,24)19-13-4-5-16(15(11-13)17(21)22)20-6-8-25-9-7-20/h1-5,10-11,19H,6-9H2,(H,21,22). The second-order valence-corrected chi connectivity index (χ2v) is 9.52. The fourth-order valence-electron chi connectivity index (χ4n) is 2.70. The molecule has 1 saturated heterocycles. The lowest BCUT2D eigenvalue weighted by molar-refractivity contribution is 0.0697. The number of carboxylic acids is 1. The van der Waals surface area contributed by atoms with Gasteiger partial charge in [-0.3, -0.25) is 4.72 Å². The van der Waals surface area contributed by atoms with Crippen LogP contribution in [0.1, 0.15) is 10.4 Å². The molecule has 0 aromatic heterocycles. The summed E-state index contributed by atoms with van der Waals surface area (Å²) < 4.78 is 28.2. The first kappa shape index (κ1) is 19.1. The average Bonchev–Trinajstić information content (AvgIpc) is 2.62. The van der Waals surface area contributed by atoms with Crippen LogP contribution in [-0.4, -0.2) is 44.1 Å². The third-order valence-electron chi connectivity index (χ3n) is 3.94. The molecular weight excluding hydrogens is 440 g/mol. The molecule has 0 radical (unpaired) electrons. The third-order valence-corrected chi connectivity index (χ3v) is 6.75. The molecule has 1 aliphatic heterocycles. The zero-order valence-electron chi connectivity index (χ0n) is 13.7. The van der Waals surface area contributed by atoms with E-state index in [0.717, 1.165) is 24.6 Å². The van der Waals surface area contributed by atoms with Crippen molar-refractivity contribution in [2.24, 2.45) is 0 Å². The second-order valence-electron chi connectivity index (χ2n) is 5.70. The van der Waals surface area contributed by atoms with Crippen LogP contribution in [0.15, 0.2) is 51.8 Å². The molecule has 0 aliphatic carbocycles. The monoisotopic (exact) mass is 456 g/mol. The molecule has 2 N–H and O–H groups in total. The van der Waals surface area contributed by atoms with E-state index in [1.54, 1.807) is 24.3 Å². The van der Waals surface area contributed by atoms with Crippen LogP contribution in [0.5, 0.6) is 0 Å². The Labute approximate surface area is 164 Å². The van der Waals surface area contributed by atoms with E-state index in [2.05, 4.69) is 20.7 Å². The van der Waals surface area contributed by atoms with Gasteiger partial charge in [-0.2, -0.15) is 11.8 Å². The van der Waals surface area contributed by atoms with Gasteiger partial charge < -0.3 is 10.0 Å². The van der Waals surface area contributed by atoms with E-state index in [1.807, 2.05) is 16.7 Å². The Hall–Kier alpha value is -1.71. The van der Waals surface area contributed by atoms with Crippen LogP contribution in [0.4, 0.5) is 11.4 Å². The first-order chi connectivity index (χ1) is 12.4. The molecule has 9 heteroatoms. The zero-order chi connectivity index (χ0) is 18.7. The number of thioether (sulfide) groups is 1. The van der Waals surface area contributed by atoms with Crippen LogP contribution in [0.25, 0.3) is 0 Å². The number of sulfonamides is 1. The fourth-order valence-corrected chi connectivity index (χ4v) is 5.25. The highest BCUT2D eigenvalue weighted by Gasteiger charge is 2.21. The number of rotatable bonds is 5. The number of carboxylic acid groups (broad SMARTS) is 1. The first-order valence-electron chi connectivity index (χ1n) is 7.85. The van der Waals surface area contributed by atoms with E-state index in [9.17, 15) is 18.3 Å². The van der Waals surface area contributed by atoms with Gasteiger partial charge in [0, 0.05) is 34.8 Å². The lowest BCUT2D eigenvalue weighted by Gasteiger charge is -2.29. The maximum atomic E-state index is 12.5. The van der Waals surface area contributed by atoms with Gasteiger partial charge >= 0.3 is 5.97 Å². The van der Waals surface area contributed by atoms with E-state index in [-0.39, 0.29) is 16.1 Å². The maximum Gasteiger partial charge on any atom is 0.337 e. The van der Waals surface area contributed by atoms with Gasteiger partial charge in [-0.25, -0.2) is 13.2 Å². The van der Waals surface area contributed by atoms with Gasteiger partial charge in [0.25, 0.3) is 10.0 Å². The van der Waals surface area contributed by atoms with Gasteiger partial charge in [0.05, 0.1) is 16.1 Å². The Bertz CT molecular complexity index is 928. The fraction of sp³-hybridized carbons (Fsp3) is 0.235. The van der Waals surface area contributed by atoms with Gasteiger partial charge in [-0.1, -0.05) is 22.0 Å². The summed E-state index contributed by atoms with van der Waals surface area (Å²) in [5, 5.41) is 9.56. The van der Waals surface area contributed by atoms with Crippen molar-refractivity contribution in [3.63, 3.8) is 0 Å². The van der Waals surface area contributed by atoms with Crippen molar-refractivity contribution in [2.75, 3.05) is 34.2 Å². The predicted molar refractivity (Wildman–Crippen MR) is 108 cm³/mol. The van der Waals surface area contributed by atoms with Crippen molar-refractivity contribution in [1.29, 1.82) is 0 Å². The van der Waals surface area contributed by atoms with Gasteiger partial charge in [-0.05, 0) is 36.4 Å². The third kappa shape index (κ3) is 4.33. The minimum atomic E-state index is -3.81. The molecule has 138 valence electrons. The summed E-state index contributed by atoms with van der Waals surface area (Å²) in [4.78, 5) is 13.8. The quantitative estimate of drug-likeness (QED) is 0.715. The van der Waals surface area contributed by atoms with Gasteiger partial charge in [0.1, 0.15) is 0 Å². The summed E-state index contributed by atoms with van der Waals surface area (Å²) in [6.07, 6.45) is 0. The molecule has 0 amide bonds. The lowest BCUT2D eigenvalue weighted by Crippen LogP contribution is -2.33. The Morgan fingerprint density at radius 3 is 2.54 bits per heavy atom. The molecule has 0 bridgehead atoms. The molecule has 0 saturated carbocycles. The number of carbonyl (C=O) groups is 1. The van der Waals surface area contributed by atoms with Crippen molar-refractivity contribution in [3.05, 3.63) is 52.5 Å². The average molecular weight is 457 g/mol. The molecule has 26 heavy (non-hydrogen) atoms. The molecular formula is C17H17BrN2O4S2. The number of hydrogen-bond acceptors (Lipinski definition) is 5. The minimum absolute atomic E-state index is 0.0892. The number of hydrogen-bond donors (Lipinski definition) is 2. The van der Waals surface area contributed by atoms with Crippen molar-refractivity contribution in [1.82, 2.24) is 0 Å². The highest BCUT2D eigenvalue weighted by molar-refractivity contribution is 9.10. The molecule has 0 unspecified atom stereocenters. The smallest absolute Gasteiger partial charge is 0.337 e. The molecule has 1 heterocycles. The first-order valence-corrected chi connectivity index (χ1v) is 11.3. The minimum Gasteiger partial charge on any atom is -0.478 e. The van der Waals surface area contributed by atoms with Crippen LogP contribution in [-0.2, 0) is 10.0 Å². The van der Waals surface area contributed by atoms with E-state index >= 15 is 0 Å². The maximum absolute atomic E-state index is 12.5. The molecule has 0 atom stereocenters. The molecule has 2 aromatic carbocycles. The van der Waals surface area contributed by atoms with Crippen molar-refractivity contribution in [3.8, 4) is 0 Å². The zero-order valence-corrected chi connectivity index (χ0v) is 16.9. The molecule has 6 nitrogen and oxygen atoms in total. The van der Waals surface area contributed by atoms with Crippen LogP contribution >= 0.6 is 27.7 Å². The molecule has 0 spiro atoms. The molecule has 3 rings (SSSR count). The van der Waals surface area contributed by atoms with Crippen LogP contribution < -0.4 is 9.62 Å². The number of benzene rings is 2. The van der Waals surface area contributed by atoms with Crippen molar-refractivity contribution < 1.29 is 18.3 Å². The Morgan fingerprint density at radius 2 is 1.88 bits per heavy atom. The Morgan fingerprint density at radius 1 is 1.15 bits per heavy atom. The normalized spacial score (nSPS) is 14.9. The number of nitrogens with one attached hydrogen (secondary N) is 1. The number of anilines is 2. The topological polar surface area (TPSA) is 86.7 Å². The summed E-state index contributed by atoms with van der Waals surface area (Å²) >= 11 is 5.08. The van der Waals surface area contributed by atoms with Gasteiger partial charge in [-0.15, -0.1) is 0 Å². The number of nitrogens with zero attached hydrogens (tertiary/aromatic N) is 1. The Kier molecular flexibility index (Phi) is 5.79. The van der Waals surface area contributed by atoms with Crippen LogP contribution in [0, 0.1) is 0 Å². The molecule has 1 aliphatic rings. The lowest BCUT2D eigenvalue weighted by atomic mass is 10.1. The van der Waals surface area contributed by atoms with Gasteiger partial charge in [0.2, 0.25) is 0 Å². The summed E-state index contributed by atoms with van der Waals surface area (Å²) in [7, 11) is -3.81. The second kappa shape index (κ2) is 7.89. The highest BCUT2D eigenvalue weighted by Crippen LogP contribution is 2.28. The summed E-state index contributed by atoms with van der Waals surface area (Å²) in [6, 6.07) is 10.9. The van der Waals surface area contributed by atoms with Crippen LogP contribution in [0.2, 0.25) is 0 Å². The number of halogens is 1. The van der Waals surface area contributed by atoms with E-state index < -0.39 is 16.0 Å². The van der Waals surface area contributed by atoms with E-state index in [1.165, 1.54) is 18.2 Å².